The Morgan fingerprint density at radius 1 is 0.957 bits per heavy atom. The summed E-state index contributed by atoms with van der Waals surface area (Å²) in [4.78, 5) is 7.67. The van der Waals surface area contributed by atoms with Gasteiger partial charge in [-0.15, -0.1) is 0 Å². The summed E-state index contributed by atoms with van der Waals surface area (Å²) in [5, 5.41) is 1.89. The number of hydrogen-bond acceptors (Lipinski definition) is 2. The van der Waals surface area contributed by atoms with Crippen LogP contribution in [0, 0.1) is 0 Å². The Balaban J connectivity index is 2.11. The monoisotopic (exact) mass is 327 g/mol. The van der Waals surface area contributed by atoms with E-state index < -0.39 is 0 Å². The van der Waals surface area contributed by atoms with Gasteiger partial charge in [0.1, 0.15) is 0 Å². The third kappa shape index (κ3) is 2.94. The molecule has 0 bridgehead atoms. The minimum absolute atomic E-state index is 0.153. The average molecular weight is 328 g/mol. The number of aromatic amines is 1. The molecule has 2 aromatic carbocycles. The van der Waals surface area contributed by atoms with E-state index in [0.29, 0.717) is 0 Å². The molecule has 0 amide bonds. The van der Waals surface area contributed by atoms with E-state index >= 15 is 0 Å². The number of fused-ring (bicyclic) bond motifs is 1. The predicted octanol–water partition coefficient (Wildman–Crippen LogP) is 4.54. The predicted molar refractivity (Wildman–Crippen MR) is 99.6 cm³/mol. The van der Waals surface area contributed by atoms with E-state index in [2.05, 4.69) is 79.5 Å². The zero-order chi connectivity index (χ0) is 16.6. The highest BCUT2D eigenvalue weighted by Gasteiger charge is 2.21. The second-order valence-electron chi connectivity index (χ2n) is 6.26. The largest absolute Gasteiger partial charge is 0.378 e. The van der Waals surface area contributed by atoms with Crippen LogP contribution in [0.15, 0.2) is 48.7 Å². The summed E-state index contributed by atoms with van der Waals surface area (Å²) >= 11 is 6.46. The smallest absolute Gasteiger partial charge is 0.0618 e. The maximum atomic E-state index is 6.46. The van der Waals surface area contributed by atoms with Gasteiger partial charge in [-0.3, -0.25) is 4.90 Å². The Bertz CT molecular complexity index is 803. The van der Waals surface area contributed by atoms with Gasteiger partial charge in [0, 0.05) is 42.4 Å². The van der Waals surface area contributed by atoms with Gasteiger partial charge in [0.05, 0.1) is 11.1 Å². The van der Waals surface area contributed by atoms with E-state index in [0.717, 1.165) is 15.9 Å². The summed E-state index contributed by atoms with van der Waals surface area (Å²) in [5.74, 6) is 0. The molecule has 1 aromatic heterocycles. The second-order valence-corrected chi connectivity index (χ2v) is 6.67. The minimum atomic E-state index is 0.153. The third-order valence-electron chi connectivity index (χ3n) is 4.22. The van der Waals surface area contributed by atoms with E-state index in [1.54, 1.807) is 0 Å². The number of anilines is 1. The summed E-state index contributed by atoms with van der Waals surface area (Å²) < 4.78 is 0. The number of benzene rings is 2. The summed E-state index contributed by atoms with van der Waals surface area (Å²) in [6.45, 7) is 0. The molecule has 1 atom stereocenters. The summed E-state index contributed by atoms with van der Waals surface area (Å²) in [7, 11) is 8.30. The molecule has 120 valence electrons. The van der Waals surface area contributed by atoms with Gasteiger partial charge >= 0.3 is 0 Å². The first-order chi connectivity index (χ1) is 11.0. The third-order valence-corrected chi connectivity index (χ3v) is 4.54. The van der Waals surface area contributed by atoms with Crippen molar-refractivity contribution in [3.8, 4) is 0 Å². The molecule has 0 saturated heterocycles. The fourth-order valence-corrected chi connectivity index (χ4v) is 3.38. The van der Waals surface area contributed by atoms with Gasteiger partial charge in [0.2, 0.25) is 0 Å². The number of nitrogens with zero attached hydrogens (tertiary/aromatic N) is 2. The summed E-state index contributed by atoms with van der Waals surface area (Å²) in [6, 6.07) is 14.8. The zero-order valence-electron chi connectivity index (χ0n) is 14.0. The summed E-state index contributed by atoms with van der Waals surface area (Å²) in [5.41, 5.74) is 4.72. The van der Waals surface area contributed by atoms with Crippen LogP contribution in [0.4, 0.5) is 5.69 Å². The molecule has 1 heterocycles. The number of H-pyrrole nitrogens is 1. The van der Waals surface area contributed by atoms with Crippen molar-refractivity contribution in [2.24, 2.45) is 0 Å². The van der Waals surface area contributed by atoms with E-state index in [1.165, 1.54) is 16.8 Å². The second kappa shape index (κ2) is 6.26. The number of nitrogens with one attached hydrogen (secondary N) is 1. The Kier molecular flexibility index (Phi) is 4.33. The fourth-order valence-electron chi connectivity index (χ4n) is 3.09. The SMILES string of the molecule is CN(C)c1ccc(C(c2c[nH]c3cccc(Cl)c23)N(C)C)cc1. The molecule has 0 saturated carbocycles. The van der Waals surface area contributed by atoms with Gasteiger partial charge in [0.15, 0.2) is 0 Å². The van der Waals surface area contributed by atoms with Crippen LogP contribution in [0.1, 0.15) is 17.2 Å². The molecule has 23 heavy (non-hydrogen) atoms. The highest BCUT2D eigenvalue weighted by molar-refractivity contribution is 6.35. The van der Waals surface area contributed by atoms with Crippen molar-refractivity contribution in [3.63, 3.8) is 0 Å². The van der Waals surface area contributed by atoms with Gasteiger partial charge in [0.25, 0.3) is 0 Å². The molecule has 3 rings (SSSR count). The van der Waals surface area contributed by atoms with Crippen molar-refractivity contribution in [1.29, 1.82) is 0 Å². The Morgan fingerprint density at radius 2 is 1.65 bits per heavy atom. The van der Waals surface area contributed by atoms with Gasteiger partial charge in [-0.25, -0.2) is 0 Å². The highest BCUT2D eigenvalue weighted by Crippen LogP contribution is 2.36. The van der Waals surface area contributed by atoms with Gasteiger partial charge in [-0.05, 0) is 43.9 Å². The van der Waals surface area contributed by atoms with Crippen molar-refractivity contribution < 1.29 is 0 Å². The van der Waals surface area contributed by atoms with Crippen molar-refractivity contribution >= 4 is 28.2 Å². The summed E-state index contributed by atoms with van der Waals surface area (Å²) in [6.07, 6.45) is 2.07. The van der Waals surface area contributed by atoms with Gasteiger partial charge in [-0.1, -0.05) is 29.8 Å². The fraction of sp³-hybridized carbons (Fsp3) is 0.263. The number of hydrogen-bond donors (Lipinski definition) is 1. The molecular weight excluding hydrogens is 306 g/mol. The first-order valence-corrected chi connectivity index (χ1v) is 8.06. The van der Waals surface area contributed by atoms with E-state index in [9.17, 15) is 0 Å². The molecule has 0 aliphatic rings. The van der Waals surface area contributed by atoms with Crippen LogP contribution in [0.2, 0.25) is 5.02 Å². The normalized spacial score (nSPS) is 12.8. The topological polar surface area (TPSA) is 22.3 Å². The number of aromatic nitrogens is 1. The minimum Gasteiger partial charge on any atom is -0.378 e. The van der Waals surface area contributed by atoms with E-state index in [-0.39, 0.29) is 6.04 Å². The van der Waals surface area contributed by atoms with Gasteiger partial charge < -0.3 is 9.88 Å². The van der Waals surface area contributed by atoms with Crippen LogP contribution in [0.25, 0.3) is 10.9 Å². The van der Waals surface area contributed by atoms with Gasteiger partial charge in [-0.2, -0.15) is 0 Å². The molecule has 4 heteroatoms. The van der Waals surface area contributed by atoms with Crippen LogP contribution in [0.3, 0.4) is 0 Å². The molecule has 3 nitrogen and oxygen atoms in total. The number of rotatable bonds is 4. The standard InChI is InChI=1S/C19H22ClN3/c1-22(2)14-10-8-13(9-11-14)19(23(3)4)15-12-21-17-7-5-6-16(20)18(15)17/h5-12,19,21H,1-4H3. The van der Waals surface area contributed by atoms with Crippen LogP contribution < -0.4 is 4.90 Å². The molecule has 0 aliphatic heterocycles. The molecule has 3 aromatic rings. The van der Waals surface area contributed by atoms with Crippen LogP contribution in [-0.4, -0.2) is 38.1 Å². The van der Waals surface area contributed by atoms with Crippen molar-refractivity contribution in [2.75, 3.05) is 33.1 Å². The average Bonchev–Trinajstić information content (AvgIpc) is 2.93. The molecule has 1 unspecified atom stereocenters. The Hall–Kier alpha value is -1.97. The molecule has 0 radical (unpaired) electrons. The Labute approximate surface area is 142 Å². The molecule has 1 N–H and O–H groups in total. The maximum Gasteiger partial charge on any atom is 0.0618 e. The highest BCUT2D eigenvalue weighted by atomic mass is 35.5. The lowest BCUT2D eigenvalue weighted by Crippen LogP contribution is -2.21. The van der Waals surface area contributed by atoms with Crippen molar-refractivity contribution in [1.82, 2.24) is 9.88 Å². The van der Waals surface area contributed by atoms with Crippen LogP contribution in [-0.2, 0) is 0 Å². The van der Waals surface area contributed by atoms with Crippen LogP contribution >= 0.6 is 11.6 Å². The van der Waals surface area contributed by atoms with E-state index in [4.69, 9.17) is 11.6 Å². The van der Waals surface area contributed by atoms with Crippen LogP contribution in [0.5, 0.6) is 0 Å². The maximum absolute atomic E-state index is 6.46. The lowest BCUT2D eigenvalue weighted by molar-refractivity contribution is 0.344. The molecule has 0 spiro atoms. The quantitative estimate of drug-likeness (QED) is 0.760. The molecular formula is C19H22ClN3. The first-order valence-electron chi connectivity index (χ1n) is 7.68. The lowest BCUT2D eigenvalue weighted by atomic mass is 9.97. The first kappa shape index (κ1) is 15.9. The van der Waals surface area contributed by atoms with Crippen molar-refractivity contribution in [2.45, 2.75) is 6.04 Å². The molecule has 0 aliphatic carbocycles. The zero-order valence-corrected chi connectivity index (χ0v) is 14.7. The van der Waals surface area contributed by atoms with Crippen molar-refractivity contribution in [3.05, 3.63) is 64.8 Å². The van der Waals surface area contributed by atoms with E-state index in [1.807, 2.05) is 12.1 Å². The number of halogens is 1. The Morgan fingerprint density at radius 3 is 2.26 bits per heavy atom. The molecule has 0 fully saturated rings. The lowest BCUT2D eigenvalue weighted by Gasteiger charge is -2.25.